The normalized spacial score (nSPS) is 18.9. The van der Waals surface area contributed by atoms with Crippen molar-refractivity contribution in [1.82, 2.24) is 10.6 Å². The maximum absolute atomic E-state index is 13.6. The van der Waals surface area contributed by atoms with Gasteiger partial charge in [-0.05, 0) is 96.6 Å². The third-order valence-electron chi connectivity index (χ3n) is 7.57. The monoisotopic (exact) mass is 483 g/mol. The Hall–Kier alpha value is -3.31. The first-order chi connectivity index (χ1) is 17.5. The minimum Gasteiger partial charge on any atom is -0.508 e. The molecule has 0 saturated heterocycles. The average Bonchev–Trinajstić information content (AvgIpc) is 3.08. The first kappa shape index (κ1) is 24.4. The number of fused-ring (bicyclic) bond motifs is 2. The number of phenolic OH excluding ortho intramolecular Hbond substituents is 1. The quantitative estimate of drug-likeness (QED) is 0.399. The predicted octanol–water partition coefficient (Wildman–Crippen LogP) is 4.97. The van der Waals surface area contributed by atoms with Crippen molar-refractivity contribution in [3.05, 3.63) is 93.5 Å². The third kappa shape index (κ3) is 5.26. The van der Waals surface area contributed by atoms with Crippen molar-refractivity contribution in [2.45, 2.75) is 64.5 Å². The number of carbonyl (C=O) groups excluding carboxylic acids is 1. The number of hydrogen-bond acceptors (Lipinski definition) is 4. The summed E-state index contributed by atoms with van der Waals surface area (Å²) in [5, 5.41) is 20.5. The van der Waals surface area contributed by atoms with E-state index >= 15 is 0 Å². The fourth-order valence-corrected chi connectivity index (χ4v) is 5.83. The SMILES string of the molecule is CCCc1cc(Cc2ccccc2)cc2c1NCCC2NC(=O)C1Cc2c(C)cc(O)cc2CCN1. The van der Waals surface area contributed by atoms with E-state index in [0.29, 0.717) is 12.2 Å². The summed E-state index contributed by atoms with van der Waals surface area (Å²) in [4.78, 5) is 13.6. The van der Waals surface area contributed by atoms with Crippen molar-refractivity contribution in [1.29, 1.82) is 0 Å². The second kappa shape index (κ2) is 10.8. The highest BCUT2D eigenvalue weighted by atomic mass is 16.3. The van der Waals surface area contributed by atoms with Gasteiger partial charge in [-0.3, -0.25) is 4.79 Å². The van der Waals surface area contributed by atoms with Gasteiger partial charge in [-0.2, -0.15) is 0 Å². The van der Waals surface area contributed by atoms with Crippen LogP contribution >= 0.6 is 0 Å². The van der Waals surface area contributed by atoms with Gasteiger partial charge in [0.25, 0.3) is 0 Å². The molecule has 3 aromatic rings. The van der Waals surface area contributed by atoms with Crippen LogP contribution in [0.2, 0.25) is 0 Å². The molecule has 0 bridgehead atoms. The number of carbonyl (C=O) groups is 1. The Bertz CT molecular complexity index is 1240. The molecule has 5 heteroatoms. The third-order valence-corrected chi connectivity index (χ3v) is 7.57. The molecule has 4 N–H and O–H groups in total. The number of nitrogens with one attached hydrogen (secondary N) is 3. The van der Waals surface area contributed by atoms with Crippen LogP contribution in [-0.2, 0) is 30.5 Å². The van der Waals surface area contributed by atoms with E-state index in [9.17, 15) is 9.90 Å². The van der Waals surface area contributed by atoms with E-state index in [1.807, 2.05) is 13.0 Å². The molecular weight excluding hydrogens is 446 g/mol. The van der Waals surface area contributed by atoms with E-state index in [1.54, 1.807) is 6.07 Å². The molecule has 1 amide bonds. The molecule has 0 spiro atoms. The van der Waals surface area contributed by atoms with Crippen LogP contribution in [0, 0.1) is 6.92 Å². The van der Waals surface area contributed by atoms with Crippen molar-refractivity contribution in [3.63, 3.8) is 0 Å². The lowest BCUT2D eigenvalue weighted by Crippen LogP contribution is -2.47. The van der Waals surface area contributed by atoms with E-state index in [0.717, 1.165) is 56.3 Å². The van der Waals surface area contributed by atoms with Crippen molar-refractivity contribution in [2.75, 3.05) is 18.4 Å². The molecule has 188 valence electrons. The molecule has 2 unspecified atom stereocenters. The number of hydrogen-bond donors (Lipinski definition) is 4. The number of benzene rings is 3. The smallest absolute Gasteiger partial charge is 0.237 e. The zero-order valence-corrected chi connectivity index (χ0v) is 21.4. The zero-order chi connectivity index (χ0) is 25.1. The largest absolute Gasteiger partial charge is 0.508 e. The summed E-state index contributed by atoms with van der Waals surface area (Å²) in [7, 11) is 0. The Morgan fingerprint density at radius 3 is 2.72 bits per heavy atom. The maximum atomic E-state index is 13.6. The highest BCUT2D eigenvalue weighted by Crippen LogP contribution is 2.35. The number of anilines is 1. The van der Waals surface area contributed by atoms with Crippen molar-refractivity contribution in [2.24, 2.45) is 0 Å². The van der Waals surface area contributed by atoms with Crippen LogP contribution in [0.25, 0.3) is 0 Å². The summed E-state index contributed by atoms with van der Waals surface area (Å²) in [6.45, 7) is 5.81. The molecule has 0 aliphatic carbocycles. The van der Waals surface area contributed by atoms with Crippen molar-refractivity contribution in [3.8, 4) is 5.75 Å². The van der Waals surface area contributed by atoms with Gasteiger partial charge in [0, 0.05) is 12.2 Å². The van der Waals surface area contributed by atoms with Crippen LogP contribution < -0.4 is 16.0 Å². The summed E-state index contributed by atoms with van der Waals surface area (Å²) < 4.78 is 0. The van der Waals surface area contributed by atoms with Gasteiger partial charge in [-0.1, -0.05) is 55.8 Å². The standard InChI is InChI=1S/C31H37N3O2/c1-3-7-24-16-22(15-21-8-5-4-6-9-21)17-27-28(11-13-33-30(24)27)34-31(36)29-19-26-20(2)14-25(35)18-23(26)10-12-32-29/h4-6,8-9,14,16-18,28-29,32-33,35H,3,7,10-13,15,19H2,1-2H3,(H,34,36). The Morgan fingerprint density at radius 2 is 1.92 bits per heavy atom. The van der Waals surface area contributed by atoms with Crippen molar-refractivity contribution < 1.29 is 9.90 Å². The van der Waals surface area contributed by atoms with Crippen LogP contribution in [0.1, 0.15) is 64.8 Å². The van der Waals surface area contributed by atoms with E-state index in [1.165, 1.54) is 33.5 Å². The Morgan fingerprint density at radius 1 is 1.08 bits per heavy atom. The minimum atomic E-state index is -0.282. The zero-order valence-electron chi connectivity index (χ0n) is 21.4. The lowest BCUT2D eigenvalue weighted by Gasteiger charge is -2.31. The van der Waals surface area contributed by atoms with Gasteiger partial charge in [0.2, 0.25) is 5.91 Å². The Labute approximate surface area is 214 Å². The van der Waals surface area contributed by atoms with Crippen molar-refractivity contribution >= 4 is 11.6 Å². The van der Waals surface area contributed by atoms with Gasteiger partial charge in [0.1, 0.15) is 5.75 Å². The van der Waals surface area contributed by atoms with Gasteiger partial charge in [-0.25, -0.2) is 0 Å². The Kier molecular flexibility index (Phi) is 7.28. The summed E-state index contributed by atoms with van der Waals surface area (Å²) in [5.41, 5.74) is 9.72. The summed E-state index contributed by atoms with van der Waals surface area (Å²) in [6.07, 6.45) is 5.31. The van der Waals surface area contributed by atoms with E-state index in [4.69, 9.17) is 0 Å². The van der Waals surface area contributed by atoms with Gasteiger partial charge < -0.3 is 21.1 Å². The molecule has 3 aromatic carbocycles. The molecule has 0 radical (unpaired) electrons. The molecule has 0 aromatic heterocycles. The van der Waals surface area contributed by atoms with E-state index in [-0.39, 0.29) is 18.0 Å². The second-order valence-corrected chi connectivity index (χ2v) is 10.3. The number of amides is 1. The van der Waals surface area contributed by atoms with Crippen LogP contribution in [0.15, 0.2) is 54.6 Å². The molecule has 5 nitrogen and oxygen atoms in total. The summed E-state index contributed by atoms with van der Waals surface area (Å²) in [6, 6.07) is 18.6. The molecule has 5 rings (SSSR count). The van der Waals surface area contributed by atoms with Crippen LogP contribution in [-0.4, -0.2) is 30.1 Å². The molecule has 0 fully saturated rings. The number of aromatic hydroxyl groups is 1. The van der Waals surface area contributed by atoms with Crippen LogP contribution in [0.5, 0.6) is 5.75 Å². The number of phenols is 1. The lowest BCUT2D eigenvalue weighted by molar-refractivity contribution is -0.123. The maximum Gasteiger partial charge on any atom is 0.237 e. The summed E-state index contributed by atoms with van der Waals surface area (Å²) >= 11 is 0. The fraction of sp³-hybridized carbons (Fsp3) is 0.387. The average molecular weight is 484 g/mol. The molecule has 0 saturated carbocycles. The highest BCUT2D eigenvalue weighted by molar-refractivity contribution is 5.83. The number of aryl methyl sites for hydroxylation is 2. The molecule has 2 aliphatic rings. The highest BCUT2D eigenvalue weighted by Gasteiger charge is 2.29. The molecular formula is C31H37N3O2. The number of rotatable bonds is 6. The topological polar surface area (TPSA) is 73.4 Å². The first-order valence-corrected chi connectivity index (χ1v) is 13.3. The first-order valence-electron chi connectivity index (χ1n) is 13.3. The molecule has 2 atom stereocenters. The predicted molar refractivity (Wildman–Crippen MR) is 146 cm³/mol. The van der Waals surface area contributed by atoms with Crippen LogP contribution in [0.4, 0.5) is 5.69 Å². The molecule has 36 heavy (non-hydrogen) atoms. The van der Waals surface area contributed by atoms with E-state index < -0.39 is 0 Å². The fourth-order valence-electron chi connectivity index (χ4n) is 5.83. The van der Waals surface area contributed by atoms with Gasteiger partial charge in [-0.15, -0.1) is 0 Å². The van der Waals surface area contributed by atoms with Gasteiger partial charge in [0.15, 0.2) is 0 Å². The van der Waals surface area contributed by atoms with E-state index in [2.05, 4.69) is 65.3 Å². The molecule has 2 aliphatic heterocycles. The lowest BCUT2D eigenvalue weighted by atomic mass is 9.89. The minimum absolute atomic E-state index is 0.00878. The van der Waals surface area contributed by atoms with Gasteiger partial charge >= 0.3 is 0 Å². The molecule has 2 heterocycles. The second-order valence-electron chi connectivity index (χ2n) is 10.3. The van der Waals surface area contributed by atoms with Gasteiger partial charge in [0.05, 0.1) is 12.1 Å². The summed E-state index contributed by atoms with van der Waals surface area (Å²) in [5.74, 6) is 0.355. The van der Waals surface area contributed by atoms with Crippen LogP contribution in [0.3, 0.4) is 0 Å². The Balaban J connectivity index is 1.40.